The number of phenolic OH excluding ortho intramolecular Hbond substituents is 2. The van der Waals surface area contributed by atoms with Crippen LogP contribution in [-0.2, 0) is 9.59 Å². The molecule has 0 spiro atoms. The minimum absolute atomic E-state index is 0.0178. The molecule has 4 heteroatoms. The Hall–Kier alpha value is -2.62. The molecule has 0 bridgehead atoms. The highest BCUT2D eigenvalue weighted by molar-refractivity contribution is 6.14. The van der Waals surface area contributed by atoms with E-state index in [2.05, 4.69) is 6.58 Å². The second-order valence-corrected chi connectivity index (χ2v) is 8.03. The van der Waals surface area contributed by atoms with Crippen molar-refractivity contribution in [3.63, 3.8) is 0 Å². The number of carbonyl (C=O) groups excluding carboxylic acids is 2. The van der Waals surface area contributed by atoms with E-state index in [0.29, 0.717) is 18.4 Å². The fourth-order valence-corrected chi connectivity index (χ4v) is 5.65. The van der Waals surface area contributed by atoms with E-state index in [1.54, 1.807) is 0 Å². The van der Waals surface area contributed by atoms with E-state index in [9.17, 15) is 19.8 Å². The molecule has 4 rings (SSSR count). The molecule has 0 saturated heterocycles. The Morgan fingerprint density at radius 1 is 1.19 bits per heavy atom. The first-order chi connectivity index (χ1) is 12.2. The number of ketones is 2. The molecule has 1 aromatic carbocycles. The van der Waals surface area contributed by atoms with Crippen molar-refractivity contribution in [3.05, 3.63) is 59.7 Å². The Kier molecular flexibility index (Phi) is 3.36. The molecule has 4 atom stereocenters. The van der Waals surface area contributed by atoms with Crippen LogP contribution in [0.5, 0.6) is 11.5 Å². The van der Waals surface area contributed by atoms with Gasteiger partial charge in [0.25, 0.3) is 0 Å². The SMILES string of the molecule is C=C(C)[C@H]1C[C@]23CC(C)=C[C@@H](c4cc(O)ccc4O)[C@]12C(=O)C=CC3=O. The summed E-state index contributed by atoms with van der Waals surface area (Å²) in [5.74, 6) is -0.698. The summed E-state index contributed by atoms with van der Waals surface area (Å²) in [6, 6.07) is 4.34. The molecule has 0 amide bonds. The van der Waals surface area contributed by atoms with Crippen LogP contribution in [0.3, 0.4) is 0 Å². The van der Waals surface area contributed by atoms with Gasteiger partial charge in [-0.15, -0.1) is 0 Å². The van der Waals surface area contributed by atoms with Gasteiger partial charge >= 0.3 is 0 Å². The van der Waals surface area contributed by atoms with Gasteiger partial charge in [0, 0.05) is 11.5 Å². The summed E-state index contributed by atoms with van der Waals surface area (Å²) in [4.78, 5) is 26.3. The summed E-state index contributed by atoms with van der Waals surface area (Å²) in [5, 5.41) is 20.5. The van der Waals surface area contributed by atoms with Crippen LogP contribution in [0.1, 0.15) is 38.2 Å². The summed E-state index contributed by atoms with van der Waals surface area (Å²) in [6.07, 6.45) is 5.91. The number of benzene rings is 1. The molecule has 0 unspecified atom stereocenters. The fourth-order valence-electron chi connectivity index (χ4n) is 5.65. The first-order valence-corrected chi connectivity index (χ1v) is 8.85. The molecule has 3 aliphatic rings. The van der Waals surface area contributed by atoms with Crippen LogP contribution in [0.25, 0.3) is 0 Å². The molecule has 26 heavy (non-hydrogen) atoms. The van der Waals surface area contributed by atoms with Crippen molar-refractivity contribution in [2.75, 3.05) is 0 Å². The van der Waals surface area contributed by atoms with Crippen LogP contribution < -0.4 is 0 Å². The van der Waals surface area contributed by atoms with Crippen molar-refractivity contribution >= 4 is 11.6 Å². The third-order valence-corrected chi connectivity index (χ3v) is 6.62. The van der Waals surface area contributed by atoms with Gasteiger partial charge in [0.2, 0.25) is 0 Å². The third kappa shape index (κ3) is 1.79. The molecular weight excluding hydrogens is 328 g/mol. The minimum Gasteiger partial charge on any atom is -0.508 e. The third-order valence-electron chi connectivity index (χ3n) is 6.62. The van der Waals surface area contributed by atoms with Gasteiger partial charge in [-0.2, -0.15) is 0 Å². The van der Waals surface area contributed by atoms with Crippen LogP contribution in [-0.4, -0.2) is 21.8 Å². The second-order valence-electron chi connectivity index (χ2n) is 8.03. The lowest BCUT2D eigenvalue weighted by molar-refractivity contribution is -0.180. The lowest BCUT2D eigenvalue weighted by Crippen LogP contribution is -2.70. The lowest BCUT2D eigenvalue weighted by Gasteiger charge is -2.68. The smallest absolute Gasteiger partial charge is 0.164 e. The van der Waals surface area contributed by atoms with Gasteiger partial charge < -0.3 is 10.2 Å². The van der Waals surface area contributed by atoms with Gasteiger partial charge in [-0.05, 0) is 63.0 Å². The Morgan fingerprint density at radius 3 is 2.58 bits per heavy atom. The average Bonchev–Trinajstić information content (AvgIpc) is 2.55. The largest absolute Gasteiger partial charge is 0.508 e. The molecule has 4 nitrogen and oxygen atoms in total. The lowest BCUT2D eigenvalue weighted by atomic mass is 9.32. The number of aromatic hydroxyl groups is 2. The van der Waals surface area contributed by atoms with Crippen molar-refractivity contribution in [1.29, 1.82) is 0 Å². The van der Waals surface area contributed by atoms with Gasteiger partial charge in [-0.3, -0.25) is 9.59 Å². The van der Waals surface area contributed by atoms with E-state index in [1.165, 1.54) is 30.4 Å². The summed E-state index contributed by atoms with van der Waals surface area (Å²) >= 11 is 0. The first kappa shape index (κ1) is 16.8. The Labute approximate surface area is 152 Å². The number of rotatable bonds is 2. The fraction of sp³-hybridized carbons (Fsp3) is 0.364. The highest BCUT2D eigenvalue weighted by Gasteiger charge is 2.75. The Bertz CT molecular complexity index is 922. The molecule has 0 aromatic heterocycles. The standard InChI is InChI=1S/C22H22O4/c1-12(2)17-11-21-10-13(3)8-16(15-9-14(23)4-5-18(15)24)22(17,21)20(26)7-6-19(21)25/h4-9,16-17,23-24H,1,10-11H2,2-3H3/t16-,17+,21-,22+/m0/s1. The van der Waals surface area contributed by atoms with E-state index in [4.69, 9.17) is 0 Å². The number of carbonyl (C=O) groups is 2. The van der Waals surface area contributed by atoms with Gasteiger partial charge in [0.15, 0.2) is 11.6 Å². The normalized spacial score (nSPS) is 35.2. The maximum absolute atomic E-state index is 13.3. The highest BCUT2D eigenvalue weighted by atomic mass is 16.3. The van der Waals surface area contributed by atoms with E-state index in [-0.39, 0.29) is 29.0 Å². The summed E-state index contributed by atoms with van der Waals surface area (Å²) in [5.41, 5.74) is 0.606. The van der Waals surface area contributed by atoms with Gasteiger partial charge in [-0.25, -0.2) is 0 Å². The summed E-state index contributed by atoms with van der Waals surface area (Å²) < 4.78 is 0. The molecule has 0 aliphatic heterocycles. The number of hydrogen-bond acceptors (Lipinski definition) is 4. The summed E-state index contributed by atoms with van der Waals surface area (Å²) in [7, 11) is 0. The zero-order valence-electron chi connectivity index (χ0n) is 15.0. The molecule has 1 fully saturated rings. The number of allylic oxidation sites excluding steroid dienone is 5. The molecule has 0 radical (unpaired) electrons. The topological polar surface area (TPSA) is 74.6 Å². The second kappa shape index (κ2) is 5.19. The molecule has 0 heterocycles. The van der Waals surface area contributed by atoms with E-state index in [1.807, 2.05) is 19.9 Å². The van der Waals surface area contributed by atoms with Crippen molar-refractivity contribution in [2.45, 2.75) is 32.6 Å². The van der Waals surface area contributed by atoms with E-state index in [0.717, 1.165) is 11.1 Å². The van der Waals surface area contributed by atoms with Crippen LogP contribution in [0.15, 0.2) is 54.2 Å². The van der Waals surface area contributed by atoms with Crippen molar-refractivity contribution in [3.8, 4) is 11.5 Å². The van der Waals surface area contributed by atoms with Crippen molar-refractivity contribution in [1.82, 2.24) is 0 Å². The number of hydrogen-bond donors (Lipinski definition) is 2. The van der Waals surface area contributed by atoms with Gasteiger partial charge in [0.05, 0.1) is 10.8 Å². The maximum atomic E-state index is 13.3. The zero-order chi connectivity index (χ0) is 18.9. The van der Waals surface area contributed by atoms with E-state index < -0.39 is 16.7 Å². The van der Waals surface area contributed by atoms with Crippen LogP contribution in [0, 0.1) is 16.7 Å². The Morgan fingerprint density at radius 2 is 1.88 bits per heavy atom. The number of phenols is 2. The Balaban J connectivity index is 2.04. The van der Waals surface area contributed by atoms with Crippen LogP contribution in [0.4, 0.5) is 0 Å². The van der Waals surface area contributed by atoms with Gasteiger partial charge in [-0.1, -0.05) is 23.8 Å². The zero-order valence-corrected chi connectivity index (χ0v) is 15.0. The molecule has 3 aliphatic carbocycles. The predicted octanol–water partition coefficient (Wildman–Crippen LogP) is 3.81. The monoisotopic (exact) mass is 350 g/mol. The highest BCUT2D eigenvalue weighted by Crippen LogP contribution is 2.75. The molecular formula is C22H22O4. The summed E-state index contributed by atoms with van der Waals surface area (Å²) in [6.45, 7) is 7.92. The van der Waals surface area contributed by atoms with E-state index >= 15 is 0 Å². The van der Waals surface area contributed by atoms with Crippen molar-refractivity contribution in [2.24, 2.45) is 16.7 Å². The molecule has 1 saturated carbocycles. The molecule has 2 N–H and O–H groups in total. The quantitative estimate of drug-likeness (QED) is 0.628. The first-order valence-electron chi connectivity index (χ1n) is 8.85. The molecule has 134 valence electrons. The van der Waals surface area contributed by atoms with Crippen LogP contribution in [0.2, 0.25) is 0 Å². The molecule has 1 aromatic rings. The van der Waals surface area contributed by atoms with Crippen molar-refractivity contribution < 1.29 is 19.8 Å². The average molecular weight is 350 g/mol. The van der Waals surface area contributed by atoms with Gasteiger partial charge in [0.1, 0.15) is 11.5 Å². The maximum Gasteiger partial charge on any atom is 0.164 e. The predicted molar refractivity (Wildman–Crippen MR) is 97.8 cm³/mol. The minimum atomic E-state index is -0.977. The van der Waals surface area contributed by atoms with Crippen LogP contribution >= 0.6 is 0 Å².